The maximum Gasteiger partial charge on any atom is 0.408 e. The third kappa shape index (κ3) is 8.11. The molecule has 1 heterocycles. The topological polar surface area (TPSA) is 88.2 Å². The van der Waals surface area contributed by atoms with Gasteiger partial charge in [-0.25, -0.2) is 4.79 Å². The molecule has 1 aliphatic rings. The Bertz CT molecular complexity index is 694. The fourth-order valence-corrected chi connectivity index (χ4v) is 2.96. The van der Waals surface area contributed by atoms with Gasteiger partial charge in [0, 0.05) is 26.2 Å². The van der Waals surface area contributed by atoms with Gasteiger partial charge in [-0.2, -0.15) is 0 Å². The highest BCUT2D eigenvalue weighted by atomic mass is 16.6. The van der Waals surface area contributed by atoms with Crippen LogP contribution in [0.5, 0.6) is 0 Å². The van der Waals surface area contributed by atoms with Gasteiger partial charge in [-0.05, 0) is 33.3 Å². The smallest absolute Gasteiger partial charge is 0.408 e. The lowest BCUT2D eigenvalue weighted by Gasteiger charge is -2.35. The first-order valence-electron chi connectivity index (χ1n) is 9.84. The molecule has 160 valence electrons. The second kappa shape index (κ2) is 10.2. The van der Waals surface area contributed by atoms with Gasteiger partial charge in [0.05, 0.1) is 6.54 Å². The SMILES string of the molecule is C[C@H](NC(=O)OCc1ccccc1)C(=O)N1CCN(CC(=O)OC(C)(C)C)CC1. The van der Waals surface area contributed by atoms with Crippen molar-refractivity contribution < 1.29 is 23.9 Å². The number of nitrogens with zero attached hydrogens (tertiary/aromatic N) is 2. The molecule has 0 saturated carbocycles. The number of amides is 2. The molecule has 1 atom stereocenters. The van der Waals surface area contributed by atoms with E-state index >= 15 is 0 Å². The van der Waals surface area contributed by atoms with Gasteiger partial charge in [-0.15, -0.1) is 0 Å². The van der Waals surface area contributed by atoms with Gasteiger partial charge in [0.25, 0.3) is 0 Å². The molecule has 1 aromatic carbocycles. The Morgan fingerprint density at radius 2 is 1.69 bits per heavy atom. The standard InChI is InChI=1S/C21H31N3O5/c1-16(22-20(27)28-15-17-8-6-5-7-9-17)19(26)24-12-10-23(11-13-24)14-18(25)29-21(2,3)4/h5-9,16H,10-15H2,1-4H3,(H,22,27)/t16-/m0/s1. The van der Waals surface area contributed by atoms with Crippen LogP contribution in [0.1, 0.15) is 33.3 Å². The molecule has 0 bridgehead atoms. The maximum absolute atomic E-state index is 12.6. The van der Waals surface area contributed by atoms with Gasteiger partial charge in [-0.1, -0.05) is 30.3 Å². The fourth-order valence-electron chi connectivity index (χ4n) is 2.96. The number of benzene rings is 1. The summed E-state index contributed by atoms with van der Waals surface area (Å²) < 4.78 is 10.5. The summed E-state index contributed by atoms with van der Waals surface area (Å²) >= 11 is 0. The number of ether oxygens (including phenoxy) is 2. The van der Waals surface area contributed by atoms with E-state index < -0.39 is 17.7 Å². The molecule has 8 heteroatoms. The zero-order valence-corrected chi connectivity index (χ0v) is 17.6. The molecule has 8 nitrogen and oxygen atoms in total. The summed E-state index contributed by atoms with van der Waals surface area (Å²) in [5.74, 6) is -0.438. The van der Waals surface area contributed by atoms with Crippen LogP contribution in [0.2, 0.25) is 0 Å². The van der Waals surface area contributed by atoms with Crippen molar-refractivity contribution >= 4 is 18.0 Å². The number of carbonyl (C=O) groups is 3. The Balaban J connectivity index is 1.71. The van der Waals surface area contributed by atoms with Crippen molar-refractivity contribution in [1.29, 1.82) is 0 Å². The van der Waals surface area contributed by atoms with E-state index in [1.54, 1.807) is 11.8 Å². The normalized spacial score (nSPS) is 16.1. The molecule has 0 aromatic heterocycles. The van der Waals surface area contributed by atoms with Crippen LogP contribution in [0, 0.1) is 0 Å². The van der Waals surface area contributed by atoms with Crippen LogP contribution in [0.25, 0.3) is 0 Å². The predicted molar refractivity (Wildman–Crippen MR) is 108 cm³/mol. The average molecular weight is 405 g/mol. The number of hydrogen-bond acceptors (Lipinski definition) is 6. The van der Waals surface area contributed by atoms with E-state index in [1.807, 2.05) is 56.0 Å². The highest BCUT2D eigenvalue weighted by molar-refractivity contribution is 5.85. The highest BCUT2D eigenvalue weighted by Crippen LogP contribution is 2.09. The summed E-state index contributed by atoms with van der Waals surface area (Å²) in [6.07, 6.45) is -0.627. The molecule has 2 rings (SSSR count). The van der Waals surface area contributed by atoms with Crippen molar-refractivity contribution in [2.75, 3.05) is 32.7 Å². The van der Waals surface area contributed by atoms with E-state index in [0.29, 0.717) is 26.2 Å². The molecule has 1 aliphatic heterocycles. The van der Waals surface area contributed by atoms with E-state index in [1.165, 1.54) is 0 Å². The summed E-state index contributed by atoms with van der Waals surface area (Å²) in [7, 11) is 0. The minimum Gasteiger partial charge on any atom is -0.459 e. The van der Waals surface area contributed by atoms with Crippen molar-refractivity contribution in [2.45, 2.75) is 45.9 Å². The number of piperazine rings is 1. The molecule has 1 saturated heterocycles. The van der Waals surface area contributed by atoms with E-state index in [9.17, 15) is 14.4 Å². The first-order valence-corrected chi connectivity index (χ1v) is 9.84. The molecule has 0 radical (unpaired) electrons. The van der Waals surface area contributed by atoms with E-state index in [-0.39, 0.29) is 25.0 Å². The monoisotopic (exact) mass is 405 g/mol. The first-order chi connectivity index (χ1) is 13.6. The number of carbonyl (C=O) groups excluding carboxylic acids is 3. The molecule has 1 fully saturated rings. The zero-order valence-electron chi connectivity index (χ0n) is 17.6. The van der Waals surface area contributed by atoms with Crippen LogP contribution in [0.3, 0.4) is 0 Å². The minimum atomic E-state index is -0.685. The number of nitrogens with one attached hydrogen (secondary N) is 1. The summed E-state index contributed by atoms with van der Waals surface area (Å²) in [6, 6.07) is 8.65. The molecule has 2 amide bonds. The Labute approximate surface area is 172 Å². The third-order valence-electron chi connectivity index (χ3n) is 4.37. The molecule has 1 aromatic rings. The maximum atomic E-state index is 12.6. The van der Waals surface area contributed by atoms with Crippen molar-refractivity contribution in [2.24, 2.45) is 0 Å². The van der Waals surface area contributed by atoms with Crippen molar-refractivity contribution in [1.82, 2.24) is 15.1 Å². The third-order valence-corrected chi connectivity index (χ3v) is 4.37. The largest absolute Gasteiger partial charge is 0.459 e. The van der Waals surface area contributed by atoms with Crippen molar-refractivity contribution in [3.63, 3.8) is 0 Å². The molecular formula is C21H31N3O5. The lowest BCUT2D eigenvalue weighted by atomic mass is 10.2. The van der Waals surface area contributed by atoms with Crippen LogP contribution in [0.4, 0.5) is 4.79 Å². The Kier molecular flexibility index (Phi) is 8.01. The van der Waals surface area contributed by atoms with E-state index in [0.717, 1.165) is 5.56 Å². The van der Waals surface area contributed by atoms with E-state index in [2.05, 4.69) is 5.32 Å². The lowest BCUT2D eigenvalue weighted by molar-refractivity contribution is -0.156. The van der Waals surface area contributed by atoms with Crippen LogP contribution in [-0.2, 0) is 25.7 Å². The van der Waals surface area contributed by atoms with Gasteiger partial charge < -0.3 is 19.7 Å². The molecule has 29 heavy (non-hydrogen) atoms. The summed E-state index contributed by atoms with van der Waals surface area (Å²) in [6.45, 7) is 9.64. The van der Waals surface area contributed by atoms with Crippen LogP contribution in [-0.4, -0.2) is 72.1 Å². The first kappa shape index (κ1) is 22.7. The fraction of sp³-hybridized carbons (Fsp3) is 0.571. The number of hydrogen-bond donors (Lipinski definition) is 1. The predicted octanol–water partition coefficient (Wildman–Crippen LogP) is 1.79. The summed E-state index contributed by atoms with van der Waals surface area (Å²) in [5, 5.41) is 2.58. The zero-order chi connectivity index (χ0) is 21.4. The second-order valence-electron chi connectivity index (χ2n) is 8.12. The molecule has 1 N–H and O–H groups in total. The molecule has 0 aliphatic carbocycles. The summed E-state index contributed by atoms with van der Waals surface area (Å²) in [4.78, 5) is 40.1. The number of esters is 1. The molecular weight excluding hydrogens is 374 g/mol. The average Bonchev–Trinajstić information content (AvgIpc) is 2.65. The van der Waals surface area contributed by atoms with Crippen LogP contribution < -0.4 is 5.32 Å². The van der Waals surface area contributed by atoms with Crippen molar-refractivity contribution in [3.8, 4) is 0 Å². The molecule has 0 unspecified atom stereocenters. The highest BCUT2D eigenvalue weighted by Gasteiger charge is 2.27. The number of alkyl carbamates (subject to hydrolysis) is 1. The Hall–Kier alpha value is -2.61. The Morgan fingerprint density at radius 1 is 1.07 bits per heavy atom. The van der Waals surface area contributed by atoms with Crippen LogP contribution >= 0.6 is 0 Å². The summed E-state index contributed by atoms with van der Waals surface area (Å²) in [5.41, 5.74) is 0.369. The minimum absolute atomic E-state index is 0.150. The van der Waals surface area contributed by atoms with Crippen molar-refractivity contribution in [3.05, 3.63) is 35.9 Å². The lowest BCUT2D eigenvalue weighted by Crippen LogP contribution is -2.55. The Morgan fingerprint density at radius 3 is 2.28 bits per heavy atom. The second-order valence-corrected chi connectivity index (χ2v) is 8.12. The van der Waals surface area contributed by atoms with Gasteiger partial charge in [-0.3, -0.25) is 14.5 Å². The van der Waals surface area contributed by atoms with Gasteiger partial charge in [0.2, 0.25) is 5.91 Å². The number of rotatable bonds is 6. The van der Waals surface area contributed by atoms with Crippen LogP contribution in [0.15, 0.2) is 30.3 Å². The van der Waals surface area contributed by atoms with Gasteiger partial charge in [0.15, 0.2) is 0 Å². The van der Waals surface area contributed by atoms with E-state index in [4.69, 9.17) is 9.47 Å². The molecule has 0 spiro atoms. The quantitative estimate of drug-likeness (QED) is 0.726. The van der Waals surface area contributed by atoms with Gasteiger partial charge >= 0.3 is 12.1 Å². The van der Waals surface area contributed by atoms with Gasteiger partial charge in [0.1, 0.15) is 18.2 Å².